The van der Waals surface area contributed by atoms with Gasteiger partial charge in [-0.3, -0.25) is 4.90 Å². The number of halogens is 2. The lowest BCUT2D eigenvalue weighted by Crippen LogP contribution is -2.39. The van der Waals surface area contributed by atoms with Crippen molar-refractivity contribution >= 4 is 5.71 Å². The third-order valence-electron chi connectivity index (χ3n) is 5.56. The SMILES string of the molecule is O[C@H](COCc1ccccc1)CN(Cc1cccc(F)c1)C[C@H]1CC(c2ccc(F)cc2)=NO1. The topological polar surface area (TPSA) is 54.3 Å². The van der Waals surface area contributed by atoms with Crippen LogP contribution in [0, 0.1) is 11.6 Å². The van der Waals surface area contributed by atoms with Crippen molar-refractivity contribution < 1.29 is 23.5 Å². The molecule has 0 radical (unpaired) electrons. The molecule has 0 fully saturated rings. The maximum atomic E-state index is 13.7. The number of ether oxygens (including phenoxy) is 1. The van der Waals surface area contributed by atoms with Gasteiger partial charge in [-0.2, -0.15) is 0 Å². The van der Waals surface area contributed by atoms with Gasteiger partial charge in [0, 0.05) is 26.1 Å². The highest BCUT2D eigenvalue weighted by Gasteiger charge is 2.26. The molecule has 5 nitrogen and oxygen atoms in total. The number of aliphatic hydroxyl groups excluding tert-OH is 1. The van der Waals surface area contributed by atoms with Crippen LogP contribution in [0.3, 0.4) is 0 Å². The second-order valence-electron chi connectivity index (χ2n) is 8.45. The summed E-state index contributed by atoms with van der Waals surface area (Å²) in [6, 6.07) is 22.3. The van der Waals surface area contributed by atoms with Gasteiger partial charge < -0.3 is 14.7 Å². The van der Waals surface area contributed by atoms with Gasteiger partial charge in [-0.25, -0.2) is 8.78 Å². The zero-order chi connectivity index (χ0) is 23.8. The third-order valence-corrected chi connectivity index (χ3v) is 5.56. The number of oxime groups is 1. The first-order chi connectivity index (χ1) is 16.5. The van der Waals surface area contributed by atoms with Crippen molar-refractivity contribution in [1.82, 2.24) is 4.90 Å². The van der Waals surface area contributed by atoms with Gasteiger partial charge in [0.15, 0.2) is 0 Å². The van der Waals surface area contributed by atoms with E-state index in [0.717, 1.165) is 22.4 Å². The highest BCUT2D eigenvalue weighted by molar-refractivity contribution is 6.01. The first-order valence-corrected chi connectivity index (χ1v) is 11.3. The largest absolute Gasteiger partial charge is 0.390 e. The molecule has 178 valence electrons. The van der Waals surface area contributed by atoms with Gasteiger partial charge in [0.05, 0.1) is 25.0 Å². The number of hydrogen-bond acceptors (Lipinski definition) is 5. The van der Waals surface area contributed by atoms with Gasteiger partial charge in [-0.1, -0.05) is 59.8 Å². The van der Waals surface area contributed by atoms with Crippen molar-refractivity contribution in [3.05, 3.63) is 107 Å². The smallest absolute Gasteiger partial charge is 0.145 e. The number of hydrogen-bond donors (Lipinski definition) is 1. The molecule has 1 heterocycles. The van der Waals surface area contributed by atoms with Crippen LogP contribution in [0.4, 0.5) is 8.78 Å². The molecule has 0 unspecified atom stereocenters. The van der Waals surface area contributed by atoms with Crippen LogP contribution in [0.25, 0.3) is 0 Å². The Bertz CT molecular complexity index is 1080. The molecule has 2 atom stereocenters. The quantitative estimate of drug-likeness (QED) is 0.451. The molecule has 7 heteroatoms. The third kappa shape index (κ3) is 7.18. The van der Waals surface area contributed by atoms with E-state index >= 15 is 0 Å². The van der Waals surface area contributed by atoms with Crippen molar-refractivity contribution in [2.45, 2.75) is 31.8 Å². The second-order valence-corrected chi connectivity index (χ2v) is 8.45. The molecular formula is C27H28F2N2O3. The van der Waals surface area contributed by atoms with Crippen LogP contribution in [-0.2, 0) is 22.7 Å². The van der Waals surface area contributed by atoms with E-state index in [4.69, 9.17) is 9.57 Å². The molecule has 1 aliphatic heterocycles. The average molecular weight is 467 g/mol. The lowest BCUT2D eigenvalue weighted by Gasteiger charge is -2.27. The molecule has 34 heavy (non-hydrogen) atoms. The Morgan fingerprint density at radius 1 is 0.971 bits per heavy atom. The Kier molecular flexibility index (Phi) is 8.36. The number of aliphatic hydroxyl groups is 1. The zero-order valence-corrected chi connectivity index (χ0v) is 18.8. The number of rotatable bonds is 11. The fourth-order valence-corrected chi connectivity index (χ4v) is 3.96. The van der Waals surface area contributed by atoms with Crippen LogP contribution in [0.15, 0.2) is 84.0 Å². The standard InChI is InChI=1S/C27H28F2N2O3/c28-23-11-9-22(10-12-23)27-14-26(34-30-27)17-31(15-21-7-4-8-24(29)13-21)16-25(32)19-33-18-20-5-2-1-3-6-20/h1-13,25-26,32H,14-19H2/t25-,26+/m0/s1. The van der Waals surface area contributed by atoms with Gasteiger partial charge >= 0.3 is 0 Å². The summed E-state index contributed by atoms with van der Waals surface area (Å²) in [6.07, 6.45) is -0.395. The van der Waals surface area contributed by atoms with Crippen LogP contribution in [0.1, 0.15) is 23.1 Å². The summed E-state index contributed by atoms with van der Waals surface area (Å²) in [5.74, 6) is -0.604. The Morgan fingerprint density at radius 2 is 1.74 bits per heavy atom. The first-order valence-electron chi connectivity index (χ1n) is 11.3. The van der Waals surface area contributed by atoms with Crippen LogP contribution < -0.4 is 0 Å². The highest BCUT2D eigenvalue weighted by Crippen LogP contribution is 2.19. The molecule has 1 N–H and O–H groups in total. The van der Waals surface area contributed by atoms with Crippen molar-refractivity contribution in [2.24, 2.45) is 5.16 Å². The minimum atomic E-state index is -0.726. The summed E-state index contributed by atoms with van der Waals surface area (Å²) in [7, 11) is 0. The van der Waals surface area contributed by atoms with E-state index in [0.29, 0.717) is 32.7 Å². The molecular weight excluding hydrogens is 438 g/mol. The van der Waals surface area contributed by atoms with E-state index in [1.54, 1.807) is 18.2 Å². The minimum Gasteiger partial charge on any atom is -0.390 e. The molecule has 0 saturated heterocycles. The van der Waals surface area contributed by atoms with Crippen LogP contribution in [0.5, 0.6) is 0 Å². The van der Waals surface area contributed by atoms with Crippen LogP contribution in [0.2, 0.25) is 0 Å². The molecule has 1 aliphatic rings. The van der Waals surface area contributed by atoms with Crippen LogP contribution in [-0.4, -0.2) is 47.6 Å². The van der Waals surface area contributed by atoms with Gasteiger partial charge in [0.2, 0.25) is 0 Å². The summed E-state index contributed by atoms with van der Waals surface area (Å²) in [4.78, 5) is 7.64. The first kappa shape index (κ1) is 24.0. The highest BCUT2D eigenvalue weighted by atomic mass is 19.1. The van der Waals surface area contributed by atoms with E-state index < -0.39 is 6.10 Å². The maximum absolute atomic E-state index is 13.7. The van der Waals surface area contributed by atoms with Gasteiger partial charge in [0.1, 0.15) is 17.7 Å². The Labute approximate surface area is 198 Å². The molecule has 0 spiro atoms. The lowest BCUT2D eigenvalue weighted by atomic mass is 10.0. The van der Waals surface area contributed by atoms with E-state index in [1.807, 2.05) is 41.3 Å². The molecule has 0 saturated carbocycles. The summed E-state index contributed by atoms with van der Waals surface area (Å²) in [5.41, 5.74) is 3.41. The van der Waals surface area contributed by atoms with E-state index in [9.17, 15) is 13.9 Å². The minimum absolute atomic E-state index is 0.178. The Hall–Kier alpha value is -3.13. The molecule has 0 bridgehead atoms. The van der Waals surface area contributed by atoms with Gasteiger partial charge in [0.25, 0.3) is 0 Å². The summed E-state index contributed by atoms with van der Waals surface area (Å²) in [5, 5.41) is 14.8. The number of nitrogens with zero attached hydrogens (tertiary/aromatic N) is 2. The van der Waals surface area contributed by atoms with Crippen molar-refractivity contribution in [3.8, 4) is 0 Å². The summed E-state index contributed by atoms with van der Waals surface area (Å²) < 4.78 is 32.6. The average Bonchev–Trinajstić information content (AvgIpc) is 3.28. The van der Waals surface area contributed by atoms with Crippen molar-refractivity contribution in [2.75, 3.05) is 19.7 Å². The molecule has 3 aromatic rings. The van der Waals surface area contributed by atoms with E-state index in [-0.39, 0.29) is 24.3 Å². The molecule has 0 aromatic heterocycles. The predicted molar refractivity (Wildman–Crippen MR) is 126 cm³/mol. The fraction of sp³-hybridized carbons (Fsp3) is 0.296. The molecule has 0 amide bonds. The van der Waals surface area contributed by atoms with Crippen molar-refractivity contribution in [3.63, 3.8) is 0 Å². The van der Waals surface area contributed by atoms with Crippen LogP contribution >= 0.6 is 0 Å². The van der Waals surface area contributed by atoms with Gasteiger partial charge in [-0.05, 0) is 41.0 Å². The zero-order valence-electron chi connectivity index (χ0n) is 18.8. The Balaban J connectivity index is 1.34. The summed E-state index contributed by atoms with van der Waals surface area (Å²) in [6.45, 7) is 1.86. The van der Waals surface area contributed by atoms with Crippen molar-refractivity contribution in [1.29, 1.82) is 0 Å². The fourth-order valence-electron chi connectivity index (χ4n) is 3.96. The summed E-state index contributed by atoms with van der Waals surface area (Å²) >= 11 is 0. The monoisotopic (exact) mass is 466 g/mol. The van der Waals surface area contributed by atoms with Gasteiger partial charge in [-0.15, -0.1) is 0 Å². The lowest BCUT2D eigenvalue weighted by molar-refractivity contribution is -0.00650. The second kappa shape index (κ2) is 11.8. The van der Waals surface area contributed by atoms with E-state index in [2.05, 4.69) is 5.16 Å². The van der Waals surface area contributed by atoms with E-state index in [1.165, 1.54) is 24.3 Å². The molecule has 4 rings (SSSR count). The maximum Gasteiger partial charge on any atom is 0.145 e. The predicted octanol–water partition coefficient (Wildman–Crippen LogP) is 4.54. The molecule has 3 aromatic carbocycles. The number of benzene rings is 3. The molecule has 0 aliphatic carbocycles. The Morgan fingerprint density at radius 3 is 2.50 bits per heavy atom. The normalized spacial score (nSPS) is 16.4.